The second-order valence-electron chi connectivity index (χ2n) is 4.99. The van der Waals surface area contributed by atoms with Crippen molar-refractivity contribution in [3.8, 4) is 0 Å². The molecule has 2 atom stereocenters. The summed E-state index contributed by atoms with van der Waals surface area (Å²) in [4.78, 5) is 25.5. The van der Waals surface area contributed by atoms with Crippen LogP contribution in [0.1, 0.15) is 24.2 Å². The smallest absolute Gasteiger partial charge is 0.310 e. The molecule has 1 N–H and O–H groups in total. The number of hydrogen-bond acceptors (Lipinski definition) is 4. The van der Waals surface area contributed by atoms with E-state index in [1.165, 1.54) is 12.0 Å². The molecule has 0 heterocycles. The number of hydrogen-bond donors (Lipinski definition) is 1. The molecule has 0 saturated carbocycles. The summed E-state index contributed by atoms with van der Waals surface area (Å²) in [5.74, 6) is -1.05. The Morgan fingerprint density at radius 2 is 1.81 bits per heavy atom. The summed E-state index contributed by atoms with van der Waals surface area (Å²) in [6, 6.07) is 6.95. The lowest BCUT2D eigenvalue weighted by Gasteiger charge is -2.26. The van der Waals surface area contributed by atoms with Gasteiger partial charge < -0.3 is 14.7 Å². The molecular weight excluding hydrogens is 338 g/mol. The highest BCUT2D eigenvalue weighted by molar-refractivity contribution is 9.10. The van der Waals surface area contributed by atoms with Gasteiger partial charge in [-0.3, -0.25) is 9.59 Å². The van der Waals surface area contributed by atoms with Gasteiger partial charge in [0.2, 0.25) is 0 Å². The summed E-state index contributed by atoms with van der Waals surface area (Å²) in [6.45, 7) is 3.66. The summed E-state index contributed by atoms with van der Waals surface area (Å²) >= 11 is 3.31. The Bertz CT molecular complexity index is 487. The average molecular weight is 358 g/mol. The van der Waals surface area contributed by atoms with Gasteiger partial charge in [0.1, 0.15) is 0 Å². The van der Waals surface area contributed by atoms with E-state index in [1.54, 1.807) is 38.1 Å². The first kappa shape index (κ1) is 17.7. The Hall–Kier alpha value is -1.40. The lowest BCUT2D eigenvalue weighted by Crippen LogP contribution is -2.41. The molecule has 0 spiro atoms. The van der Waals surface area contributed by atoms with Gasteiger partial charge in [-0.25, -0.2) is 0 Å². The highest BCUT2D eigenvalue weighted by Gasteiger charge is 2.23. The number of ether oxygens (including phenoxy) is 1. The third kappa shape index (κ3) is 5.47. The fourth-order valence-electron chi connectivity index (χ4n) is 1.94. The van der Waals surface area contributed by atoms with Gasteiger partial charge in [0.05, 0.1) is 19.1 Å². The van der Waals surface area contributed by atoms with Crippen molar-refractivity contribution in [3.05, 3.63) is 34.3 Å². The van der Waals surface area contributed by atoms with Crippen LogP contribution < -0.4 is 0 Å². The number of amides is 1. The Morgan fingerprint density at radius 3 is 2.29 bits per heavy atom. The molecule has 0 saturated heterocycles. The van der Waals surface area contributed by atoms with Crippen LogP contribution >= 0.6 is 15.9 Å². The number of benzene rings is 1. The van der Waals surface area contributed by atoms with Gasteiger partial charge in [-0.05, 0) is 31.2 Å². The van der Waals surface area contributed by atoms with Crippen molar-refractivity contribution in [1.29, 1.82) is 0 Å². The van der Waals surface area contributed by atoms with Gasteiger partial charge in [-0.2, -0.15) is 0 Å². The standard InChI is InChI=1S/C15H20BrNO4/c1-10(15(20)21-3)8-17(9-11(2)18)14(19)12-4-6-13(16)7-5-12/h4-7,10-11,18H,8-9H2,1-3H3. The van der Waals surface area contributed by atoms with E-state index in [2.05, 4.69) is 20.7 Å². The number of aliphatic hydroxyl groups excluding tert-OH is 1. The van der Waals surface area contributed by atoms with Crippen LogP contribution in [0.2, 0.25) is 0 Å². The van der Waals surface area contributed by atoms with Crippen molar-refractivity contribution >= 4 is 27.8 Å². The largest absolute Gasteiger partial charge is 0.469 e. The van der Waals surface area contributed by atoms with Gasteiger partial charge in [0.25, 0.3) is 5.91 Å². The number of aliphatic hydroxyl groups is 1. The van der Waals surface area contributed by atoms with Crippen molar-refractivity contribution in [1.82, 2.24) is 4.90 Å². The van der Waals surface area contributed by atoms with Crippen LogP contribution in [0.4, 0.5) is 0 Å². The monoisotopic (exact) mass is 357 g/mol. The van der Waals surface area contributed by atoms with Gasteiger partial charge in [0.15, 0.2) is 0 Å². The van der Waals surface area contributed by atoms with Crippen LogP contribution in [-0.2, 0) is 9.53 Å². The molecule has 6 heteroatoms. The molecule has 0 aliphatic rings. The second kappa shape index (κ2) is 8.14. The van der Waals surface area contributed by atoms with Gasteiger partial charge in [-0.15, -0.1) is 0 Å². The summed E-state index contributed by atoms with van der Waals surface area (Å²) in [5, 5.41) is 9.55. The third-order valence-corrected chi connectivity index (χ3v) is 3.49. The van der Waals surface area contributed by atoms with E-state index in [-0.39, 0.29) is 25.0 Å². The molecule has 0 aliphatic carbocycles. The highest BCUT2D eigenvalue weighted by atomic mass is 79.9. The van der Waals surface area contributed by atoms with E-state index < -0.39 is 12.0 Å². The molecule has 0 fully saturated rings. The molecule has 2 unspecified atom stereocenters. The first-order valence-electron chi connectivity index (χ1n) is 6.66. The van der Waals surface area contributed by atoms with E-state index in [0.29, 0.717) is 5.56 Å². The van der Waals surface area contributed by atoms with Crippen molar-refractivity contribution in [2.75, 3.05) is 20.2 Å². The van der Waals surface area contributed by atoms with Crippen LogP contribution in [-0.4, -0.2) is 48.2 Å². The lowest BCUT2D eigenvalue weighted by atomic mass is 10.1. The zero-order chi connectivity index (χ0) is 16.0. The van der Waals surface area contributed by atoms with Crippen LogP contribution in [0.25, 0.3) is 0 Å². The fourth-order valence-corrected chi connectivity index (χ4v) is 2.20. The Kier molecular flexibility index (Phi) is 6.84. The lowest BCUT2D eigenvalue weighted by molar-refractivity contribution is -0.145. The first-order chi connectivity index (χ1) is 9.85. The average Bonchev–Trinajstić information content (AvgIpc) is 2.45. The normalized spacial score (nSPS) is 13.4. The van der Waals surface area contributed by atoms with E-state index in [9.17, 15) is 14.7 Å². The SMILES string of the molecule is COC(=O)C(C)CN(CC(C)O)C(=O)c1ccc(Br)cc1. The third-order valence-electron chi connectivity index (χ3n) is 2.96. The molecule has 1 aromatic carbocycles. The minimum absolute atomic E-state index is 0.163. The molecule has 116 valence electrons. The predicted molar refractivity (Wildman–Crippen MR) is 82.9 cm³/mol. The van der Waals surface area contributed by atoms with E-state index >= 15 is 0 Å². The number of carbonyl (C=O) groups is 2. The number of esters is 1. The van der Waals surface area contributed by atoms with Crippen LogP contribution in [0.15, 0.2) is 28.7 Å². The maximum absolute atomic E-state index is 12.5. The summed E-state index contributed by atoms with van der Waals surface area (Å²) in [5.41, 5.74) is 0.510. The zero-order valence-corrected chi connectivity index (χ0v) is 14.0. The molecule has 0 bridgehead atoms. The predicted octanol–water partition coefficient (Wildman–Crippen LogP) is 2.08. The fraction of sp³-hybridized carbons (Fsp3) is 0.467. The van der Waals surface area contributed by atoms with Crippen LogP contribution in [0, 0.1) is 5.92 Å². The summed E-state index contributed by atoms with van der Waals surface area (Å²) in [6.07, 6.45) is -0.672. The molecule has 0 radical (unpaired) electrons. The molecule has 1 rings (SSSR count). The zero-order valence-electron chi connectivity index (χ0n) is 12.4. The second-order valence-corrected chi connectivity index (χ2v) is 5.91. The van der Waals surface area contributed by atoms with E-state index in [1.807, 2.05) is 0 Å². The quantitative estimate of drug-likeness (QED) is 0.791. The number of nitrogens with zero attached hydrogens (tertiary/aromatic N) is 1. The Morgan fingerprint density at radius 1 is 1.24 bits per heavy atom. The minimum Gasteiger partial charge on any atom is -0.469 e. The van der Waals surface area contributed by atoms with E-state index in [4.69, 9.17) is 0 Å². The number of rotatable bonds is 6. The maximum Gasteiger partial charge on any atom is 0.310 e. The number of carbonyl (C=O) groups excluding carboxylic acids is 2. The Balaban J connectivity index is 2.88. The molecule has 5 nitrogen and oxygen atoms in total. The first-order valence-corrected chi connectivity index (χ1v) is 7.45. The van der Waals surface area contributed by atoms with Crippen molar-refractivity contribution in [2.45, 2.75) is 20.0 Å². The summed E-state index contributed by atoms with van der Waals surface area (Å²) in [7, 11) is 1.31. The van der Waals surface area contributed by atoms with Crippen molar-refractivity contribution in [3.63, 3.8) is 0 Å². The van der Waals surface area contributed by atoms with Crippen LogP contribution in [0.5, 0.6) is 0 Å². The van der Waals surface area contributed by atoms with Gasteiger partial charge >= 0.3 is 5.97 Å². The molecule has 21 heavy (non-hydrogen) atoms. The van der Waals surface area contributed by atoms with Gasteiger partial charge in [0, 0.05) is 23.1 Å². The Labute approximate surface area is 133 Å². The van der Waals surface area contributed by atoms with Crippen molar-refractivity contribution in [2.24, 2.45) is 5.92 Å². The molecular formula is C15H20BrNO4. The van der Waals surface area contributed by atoms with Gasteiger partial charge in [-0.1, -0.05) is 22.9 Å². The highest BCUT2D eigenvalue weighted by Crippen LogP contribution is 2.14. The molecule has 1 aromatic rings. The van der Waals surface area contributed by atoms with Crippen molar-refractivity contribution < 1.29 is 19.4 Å². The molecule has 0 aromatic heterocycles. The van der Waals surface area contributed by atoms with Crippen LogP contribution in [0.3, 0.4) is 0 Å². The molecule has 1 amide bonds. The topological polar surface area (TPSA) is 66.8 Å². The number of methoxy groups -OCH3 is 1. The molecule has 0 aliphatic heterocycles. The maximum atomic E-state index is 12.5. The van der Waals surface area contributed by atoms with E-state index in [0.717, 1.165) is 4.47 Å². The number of halogens is 1. The minimum atomic E-state index is -0.672. The summed E-state index contributed by atoms with van der Waals surface area (Å²) < 4.78 is 5.55.